The summed E-state index contributed by atoms with van der Waals surface area (Å²) in [5.74, 6) is -0.0746. The van der Waals surface area contributed by atoms with Gasteiger partial charge in [-0.3, -0.25) is 9.89 Å². The summed E-state index contributed by atoms with van der Waals surface area (Å²) in [4.78, 5) is 12.3. The minimum absolute atomic E-state index is 0. The number of carbonyl (C=O) groups excluding carboxylic acids is 1. The van der Waals surface area contributed by atoms with Crippen LogP contribution in [0.4, 0.5) is 0 Å². The van der Waals surface area contributed by atoms with Gasteiger partial charge in [0.2, 0.25) is 0 Å². The average Bonchev–Trinajstić information content (AvgIpc) is 3.01. The van der Waals surface area contributed by atoms with E-state index in [1.807, 2.05) is 12.1 Å². The first-order valence-corrected chi connectivity index (χ1v) is 7.78. The second-order valence-corrected chi connectivity index (χ2v) is 5.96. The number of hydrogen-bond acceptors (Lipinski definition) is 3. The van der Waals surface area contributed by atoms with Crippen molar-refractivity contribution >= 4 is 18.3 Å². The standard InChI is InChI=1S/C17H22N4O.ClH/c1-11-3-4-13(9-12(11)2)15-10-16(21-20-15)17(22)19-14-5-7-18-8-6-14;/h3-4,9-10,14,18H,5-8H2,1-2H3,(H,19,22)(H,20,21);1H. The Hall–Kier alpha value is -1.85. The highest BCUT2D eigenvalue weighted by molar-refractivity contribution is 5.93. The molecule has 5 nitrogen and oxygen atoms in total. The third-order valence-corrected chi connectivity index (χ3v) is 4.30. The molecular formula is C17H23ClN4O. The van der Waals surface area contributed by atoms with Crippen LogP contribution in [-0.2, 0) is 0 Å². The van der Waals surface area contributed by atoms with Crippen LogP contribution in [0.3, 0.4) is 0 Å². The highest BCUT2D eigenvalue weighted by Gasteiger charge is 2.18. The van der Waals surface area contributed by atoms with E-state index >= 15 is 0 Å². The van der Waals surface area contributed by atoms with E-state index in [0.29, 0.717) is 5.69 Å². The summed E-state index contributed by atoms with van der Waals surface area (Å²) in [6, 6.07) is 8.28. The van der Waals surface area contributed by atoms with E-state index in [1.54, 1.807) is 0 Å². The van der Waals surface area contributed by atoms with Gasteiger partial charge in [0, 0.05) is 11.6 Å². The number of aryl methyl sites for hydroxylation is 2. The number of halogens is 1. The van der Waals surface area contributed by atoms with Crippen LogP contribution in [0.5, 0.6) is 0 Å². The van der Waals surface area contributed by atoms with Crippen LogP contribution < -0.4 is 10.6 Å². The van der Waals surface area contributed by atoms with Gasteiger partial charge in [-0.05, 0) is 63.0 Å². The maximum Gasteiger partial charge on any atom is 0.269 e. The molecule has 1 aliphatic heterocycles. The molecule has 1 saturated heterocycles. The number of piperidine rings is 1. The van der Waals surface area contributed by atoms with E-state index in [9.17, 15) is 4.79 Å². The number of hydrogen-bond donors (Lipinski definition) is 3. The number of aromatic nitrogens is 2. The van der Waals surface area contributed by atoms with Crippen molar-refractivity contribution in [3.63, 3.8) is 0 Å². The largest absolute Gasteiger partial charge is 0.348 e. The second kappa shape index (κ2) is 7.62. The Morgan fingerprint density at radius 1 is 1.17 bits per heavy atom. The van der Waals surface area contributed by atoms with Gasteiger partial charge in [0.1, 0.15) is 5.69 Å². The summed E-state index contributed by atoms with van der Waals surface area (Å²) in [6.07, 6.45) is 1.95. The fourth-order valence-electron chi connectivity index (χ4n) is 2.72. The van der Waals surface area contributed by atoms with Gasteiger partial charge in [-0.25, -0.2) is 0 Å². The zero-order chi connectivity index (χ0) is 15.5. The average molecular weight is 335 g/mol. The number of nitrogens with one attached hydrogen (secondary N) is 3. The van der Waals surface area contributed by atoms with Crippen LogP contribution in [0.15, 0.2) is 24.3 Å². The van der Waals surface area contributed by atoms with Crippen LogP contribution in [-0.4, -0.2) is 35.2 Å². The molecule has 1 aliphatic rings. The Labute approximate surface area is 142 Å². The predicted molar refractivity (Wildman–Crippen MR) is 94.1 cm³/mol. The molecule has 23 heavy (non-hydrogen) atoms. The van der Waals surface area contributed by atoms with Gasteiger partial charge >= 0.3 is 0 Å². The third-order valence-electron chi connectivity index (χ3n) is 4.30. The van der Waals surface area contributed by atoms with Crippen molar-refractivity contribution in [1.82, 2.24) is 20.8 Å². The number of aromatic amines is 1. The van der Waals surface area contributed by atoms with Crippen LogP contribution in [0.2, 0.25) is 0 Å². The fraction of sp³-hybridized carbons (Fsp3) is 0.412. The minimum Gasteiger partial charge on any atom is -0.348 e. The zero-order valence-electron chi connectivity index (χ0n) is 13.5. The third kappa shape index (κ3) is 4.12. The summed E-state index contributed by atoms with van der Waals surface area (Å²) >= 11 is 0. The molecule has 1 amide bonds. The van der Waals surface area contributed by atoms with E-state index in [1.165, 1.54) is 11.1 Å². The Morgan fingerprint density at radius 3 is 2.61 bits per heavy atom. The number of carbonyl (C=O) groups is 1. The molecule has 6 heteroatoms. The molecule has 0 aliphatic carbocycles. The van der Waals surface area contributed by atoms with E-state index < -0.39 is 0 Å². The smallest absolute Gasteiger partial charge is 0.269 e. The first kappa shape index (κ1) is 17.5. The van der Waals surface area contributed by atoms with Crippen molar-refractivity contribution < 1.29 is 4.79 Å². The summed E-state index contributed by atoms with van der Waals surface area (Å²) in [6.45, 7) is 6.08. The Morgan fingerprint density at radius 2 is 1.91 bits per heavy atom. The Balaban J connectivity index is 0.00000192. The van der Waals surface area contributed by atoms with Gasteiger partial charge in [0.05, 0.1) is 5.69 Å². The van der Waals surface area contributed by atoms with Crippen molar-refractivity contribution in [3.8, 4) is 11.3 Å². The molecule has 0 saturated carbocycles. The Kier molecular flexibility index (Phi) is 5.80. The molecule has 0 unspecified atom stereocenters. The molecule has 2 heterocycles. The quantitative estimate of drug-likeness (QED) is 0.808. The summed E-state index contributed by atoms with van der Waals surface area (Å²) in [7, 11) is 0. The zero-order valence-corrected chi connectivity index (χ0v) is 14.3. The molecule has 1 aromatic heterocycles. The highest BCUT2D eigenvalue weighted by atomic mass is 35.5. The lowest BCUT2D eigenvalue weighted by atomic mass is 10.0. The topological polar surface area (TPSA) is 69.8 Å². The molecule has 2 aromatic rings. The van der Waals surface area contributed by atoms with Crippen molar-refractivity contribution in [2.75, 3.05) is 13.1 Å². The molecular weight excluding hydrogens is 312 g/mol. The van der Waals surface area contributed by atoms with Gasteiger partial charge in [-0.1, -0.05) is 12.1 Å². The number of benzene rings is 1. The summed E-state index contributed by atoms with van der Waals surface area (Å²) in [5.41, 5.74) is 4.83. The number of nitrogens with zero attached hydrogens (tertiary/aromatic N) is 1. The van der Waals surface area contributed by atoms with Gasteiger partial charge in [-0.15, -0.1) is 12.4 Å². The van der Waals surface area contributed by atoms with E-state index in [-0.39, 0.29) is 24.4 Å². The van der Waals surface area contributed by atoms with Gasteiger partial charge in [0.15, 0.2) is 0 Å². The SMILES string of the molecule is Cc1ccc(-c2cc(C(=O)NC3CCNCC3)[nH]n2)cc1C.Cl. The molecule has 0 bridgehead atoms. The lowest BCUT2D eigenvalue weighted by Crippen LogP contribution is -2.42. The molecule has 0 atom stereocenters. The van der Waals surface area contributed by atoms with Crippen LogP contribution >= 0.6 is 12.4 Å². The molecule has 0 spiro atoms. The van der Waals surface area contributed by atoms with Crippen LogP contribution in [0.25, 0.3) is 11.3 Å². The molecule has 124 valence electrons. The molecule has 1 fully saturated rings. The Bertz CT molecular complexity index is 677. The first-order valence-electron chi connectivity index (χ1n) is 7.78. The molecule has 3 rings (SSSR count). The highest BCUT2D eigenvalue weighted by Crippen LogP contribution is 2.21. The van der Waals surface area contributed by atoms with Crippen molar-refractivity contribution in [1.29, 1.82) is 0 Å². The second-order valence-electron chi connectivity index (χ2n) is 5.96. The predicted octanol–water partition coefficient (Wildman–Crippen LogP) is 2.60. The number of rotatable bonds is 3. The van der Waals surface area contributed by atoms with Gasteiger partial charge in [-0.2, -0.15) is 5.10 Å². The van der Waals surface area contributed by atoms with Crippen molar-refractivity contribution in [2.45, 2.75) is 32.7 Å². The maximum absolute atomic E-state index is 12.3. The van der Waals surface area contributed by atoms with Crippen LogP contribution in [0.1, 0.15) is 34.5 Å². The van der Waals surface area contributed by atoms with Crippen molar-refractivity contribution in [3.05, 3.63) is 41.1 Å². The first-order chi connectivity index (χ1) is 10.6. The number of H-pyrrole nitrogens is 1. The van der Waals surface area contributed by atoms with Gasteiger partial charge < -0.3 is 10.6 Å². The van der Waals surface area contributed by atoms with Crippen LogP contribution in [0, 0.1) is 13.8 Å². The fourth-order valence-corrected chi connectivity index (χ4v) is 2.72. The lowest BCUT2D eigenvalue weighted by Gasteiger charge is -2.23. The van der Waals surface area contributed by atoms with Gasteiger partial charge in [0.25, 0.3) is 5.91 Å². The van der Waals surface area contributed by atoms with E-state index in [2.05, 4.69) is 46.8 Å². The normalized spacial score (nSPS) is 15.0. The minimum atomic E-state index is -0.0746. The molecule has 0 radical (unpaired) electrons. The summed E-state index contributed by atoms with van der Waals surface area (Å²) < 4.78 is 0. The monoisotopic (exact) mass is 334 g/mol. The summed E-state index contributed by atoms with van der Waals surface area (Å²) in [5, 5.41) is 13.5. The lowest BCUT2D eigenvalue weighted by molar-refractivity contribution is 0.0924. The molecule has 3 N–H and O–H groups in total. The maximum atomic E-state index is 12.3. The van der Waals surface area contributed by atoms with E-state index in [0.717, 1.165) is 37.2 Å². The van der Waals surface area contributed by atoms with E-state index in [4.69, 9.17) is 0 Å². The van der Waals surface area contributed by atoms with Crippen molar-refractivity contribution in [2.24, 2.45) is 0 Å². The number of amides is 1. The molecule has 1 aromatic carbocycles.